The largest absolute Gasteiger partial charge is 0.322 e. The van der Waals surface area contributed by atoms with Crippen molar-refractivity contribution in [3.05, 3.63) is 58.1 Å². The Labute approximate surface area is 140 Å². The maximum atomic E-state index is 12.3. The Balaban J connectivity index is 2.20. The van der Waals surface area contributed by atoms with Gasteiger partial charge in [-0.3, -0.25) is 9.52 Å². The van der Waals surface area contributed by atoms with Crippen molar-refractivity contribution in [2.24, 2.45) is 0 Å². The van der Waals surface area contributed by atoms with Crippen LogP contribution in [0.1, 0.15) is 21.5 Å². The van der Waals surface area contributed by atoms with Gasteiger partial charge >= 0.3 is 0 Å². The zero-order valence-electron chi connectivity index (χ0n) is 13.0. The second-order valence-corrected chi connectivity index (χ2v) is 7.56. The van der Waals surface area contributed by atoms with Gasteiger partial charge in [0.25, 0.3) is 5.91 Å². The molecule has 0 fully saturated rings. The number of anilines is 2. The predicted molar refractivity (Wildman–Crippen MR) is 93.8 cm³/mol. The van der Waals surface area contributed by atoms with Crippen molar-refractivity contribution >= 4 is 38.9 Å². The van der Waals surface area contributed by atoms with Crippen LogP contribution < -0.4 is 10.0 Å². The Morgan fingerprint density at radius 2 is 1.65 bits per heavy atom. The summed E-state index contributed by atoms with van der Waals surface area (Å²) in [5, 5.41) is 2.95. The van der Waals surface area contributed by atoms with E-state index in [1.165, 1.54) is 12.1 Å². The molecule has 122 valence electrons. The summed E-state index contributed by atoms with van der Waals surface area (Å²) in [6.07, 6.45) is 1.04. The summed E-state index contributed by atoms with van der Waals surface area (Å²) >= 11 is 6.04. The first kappa shape index (κ1) is 17.3. The van der Waals surface area contributed by atoms with Crippen molar-refractivity contribution in [3.63, 3.8) is 0 Å². The molecule has 0 aliphatic carbocycles. The zero-order chi connectivity index (χ0) is 17.2. The molecular weight excluding hydrogens is 336 g/mol. The number of nitrogens with one attached hydrogen (secondary N) is 2. The van der Waals surface area contributed by atoms with Gasteiger partial charge in [0, 0.05) is 11.3 Å². The molecule has 0 unspecified atom stereocenters. The molecule has 1 amide bonds. The number of hydrogen-bond donors (Lipinski definition) is 2. The molecule has 5 nitrogen and oxygen atoms in total. The van der Waals surface area contributed by atoms with E-state index in [4.69, 9.17) is 11.6 Å². The number of rotatable bonds is 4. The van der Waals surface area contributed by atoms with Gasteiger partial charge in [-0.2, -0.15) is 0 Å². The van der Waals surface area contributed by atoms with Gasteiger partial charge in [0.05, 0.1) is 17.0 Å². The molecule has 0 heterocycles. The summed E-state index contributed by atoms with van der Waals surface area (Å²) < 4.78 is 24.8. The normalized spacial score (nSPS) is 11.1. The minimum Gasteiger partial charge on any atom is -0.322 e. The number of aryl methyl sites for hydroxylation is 2. The second-order valence-electron chi connectivity index (χ2n) is 5.40. The number of hydrogen-bond acceptors (Lipinski definition) is 3. The lowest BCUT2D eigenvalue weighted by molar-refractivity contribution is 0.102. The SMILES string of the molecule is Cc1cc(C)cc(C(=O)Nc2ccc(NS(C)(=O)=O)c(Cl)c2)c1. The van der Waals surface area contributed by atoms with Gasteiger partial charge in [-0.15, -0.1) is 0 Å². The van der Waals surface area contributed by atoms with E-state index in [9.17, 15) is 13.2 Å². The van der Waals surface area contributed by atoms with E-state index < -0.39 is 10.0 Å². The van der Waals surface area contributed by atoms with Crippen LogP contribution in [-0.2, 0) is 10.0 Å². The predicted octanol–water partition coefficient (Wildman–Crippen LogP) is 3.58. The molecule has 0 spiro atoms. The molecule has 0 bridgehead atoms. The number of carbonyl (C=O) groups excluding carboxylic acids is 1. The maximum Gasteiger partial charge on any atom is 0.255 e. The first-order valence-corrected chi connectivity index (χ1v) is 9.08. The zero-order valence-corrected chi connectivity index (χ0v) is 14.5. The summed E-state index contributed by atoms with van der Waals surface area (Å²) in [4.78, 5) is 12.3. The molecule has 2 N–H and O–H groups in total. The van der Waals surface area contributed by atoms with Gasteiger partial charge < -0.3 is 5.32 Å². The smallest absolute Gasteiger partial charge is 0.255 e. The molecule has 7 heteroatoms. The number of amides is 1. The van der Waals surface area contributed by atoms with Crippen molar-refractivity contribution in [2.45, 2.75) is 13.8 Å². The number of halogens is 1. The highest BCUT2D eigenvalue weighted by atomic mass is 35.5. The summed E-state index contributed by atoms with van der Waals surface area (Å²) in [7, 11) is -3.41. The van der Waals surface area contributed by atoms with Crippen LogP contribution in [0, 0.1) is 13.8 Å². The lowest BCUT2D eigenvalue weighted by atomic mass is 10.1. The molecule has 0 saturated heterocycles. The van der Waals surface area contributed by atoms with Crippen LogP contribution in [0.3, 0.4) is 0 Å². The fourth-order valence-corrected chi connectivity index (χ4v) is 3.05. The standard InChI is InChI=1S/C16H17ClN2O3S/c1-10-6-11(2)8-12(7-10)16(20)18-13-4-5-15(14(17)9-13)19-23(3,21)22/h4-9,19H,1-3H3,(H,18,20). The average molecular weight is 353 g/mol. The third-order valence-corrected chi connectivity index (χ3v) is 3.91. The van der Waals surface area contributed by atoms with Crippen LogP contribution in [0.4, 0.5) is 11.4 Å². The van der Waals surface area contributed by atoms with Crippen LogP contribution >= 0.6 is 11.6 Å². The highest BCUT2D eigenvalue weighted by Gasteiger charge is 2.10. The maximum absolute atomic E-state index is 12.3. The lowest BCUT2D eigenvalue weighted by Gasteiger charge is -2.10. The molecule has 0 aromatic heterocycles. The van der Waals surface area contributed by atoms with Gasteiger partial charge in [0.2, 0.25) is 10.0 Å². The molecule has 0 aliphatic rings. The van der Waals surface area contributed by atoms with Crippen LogP contribution in [0.25, 0.3) is 0 Å². The quantitative estimate of drug-likeness (QED) is 0.883. The highest BCUT2D eigenvalue weighted by Crippen LogP contribution is 2.26. The van der Waals surface area contributed by atoms with E-state index in [0.717, 1.165) is 17.4 Å². The van der Waals surface area contributed by atoms with E-state index in [2.05, 4.69) is 10.0 Å². The molecular formula is C16H17ClN2O3S. The topological polar surface area (TPSA) is 75.3 Å². The Bertz CT molecular complexity index is 843. The molecule has 0 radical (unpaired) electrons. The lowest BCUT2D eigenvalue weighted by Crippen LogP contribution is -2.13. The van der Waals surface area contributed by atoms with Crippen molar-refractivity contribution in [1.82, 2.24) is 0 Å². The van der Waals surface area contributed by atoms with E-state index in [1.807, 2.05) is 19.9 Å². The van der Waals surface area contributed by atoms with Crippen LogP contribution in [0.2, 0.25) is 5.02 Å². The third-order valence-electron chi connectivity index (χ3n) is 3.01. The summed E-state index contributed by atoms with van der Waals surface area (Å²) in [6, 6.07) is 10.2. The van der Waals surface area contributed by atoms with Crippen molar-refractivity contribution in [2.75, 3.05) is 16.3 Å². The monoisotopic (exact) mass is 352 g/mol. The molecule has 0 aliphatic heterocycles. The fraction of sp³-hybridized carbons (Fsp3) is 0.188. The Kier molecular flexibility index (Phi) is 4.97. The summed E-state index contributed by atoms with van der Waals surface area (Å²) in [5.74, 6) is -0.253. The molecule has 2 aromatic carbocycles. The molecule has 0 saturated carbocycles. The fourth-order valence-electron chi connectivity index (χ4n) is 2.18. The van der Waals surface area contributed by atoms with Crippen LogP contribution in [0.5, 0.6) is 0 Å². The van der Waals surface area contributed by atoms with E-state index >= 15 is 0 Å². The molecule has 0 atom stereocenters. The van der Waals surface area contributed by atoms with Crippen molar-refractivity contribution < 1.29 is 13.2 Å². The molecule has 2 aromatic rings. The molecule has 23 heavy (non-hydrogen) atoms. The summed E-state index contributed by atoms with van der Waals surface area (Å²) in [6.45, 7) is 3.85. The Hall–Kier alpha value is -2.05. The number of sulfonamides is 1. The average Bonchev–Trinajstić information content (AvgIpc) is 2.39. The van der Waals surface area contributed by atoms with Gasteiger partial charge in [-0.05, 0) is 44.2 Å². The van der Waals surface area contributed by atoms with Crippen molar-refractivity contribution in [1.29, 1.82) is 0 Å². The van der Waals surface area contributed by atoms with E-state index in [1.54, 1.807) is 18.2 Å². The third kappa shape index (κ3) is 4.97. The van der Waals surface area contributed by atoms with Gasteiger partial charge in [-0.25, -0.2) is 8.42 Å². The summed E-state index contributed by atoms with van der Waals surface area (Å²) in [5.41, 5.74) is 3.30. The van der Waals surface area contributed by atoms with E-state index in [0.29, 0.717) is 11.3 Å². The van der Waals surface area contributed by atoms with Crippen LogP contribution in [0.15, 0.2) is 36.4 Å². The number of carbonyl (C=O) groups is 1. The van der Waals surface area contributed by atoms with Gasteiger partial charge in [0.15, 0.2) is 0 Å². The van der Waals surface area contributed by atoms with Crippen LogP contribution in [-0.4, -0.2) is 20.6 Å². The minimum absolute atomic E-state index is 0.202. The Morgan fingerprint density at radius 1 is 1.04 bits per heavy atom. The van der Waals surface area contributed by atoms with Gasteiger partial charge in [-0.1, -0.05) is 28.8 Å². The second kappa shape index (κ2) is 6.60. The number of benzene rings is 2. The van der Waals surface area contributed by atoms with E-state index in [-0.39, 0.29) is 16.6 Å². The molecule has 2 rings (SSSR count). The minimum atomic E-state index is -3.41. The first-order valence-electron chi connectivity index (χ1n) is 6.81. The Morgan fingerprint density at radius 3 is 2.17 bits per heavy atom. The van der Waals surface area contributed by atoms with Gasteiger partial charge in [0.1, 0.15) is 0 Å². The highest BCUT2D eigenvalue weighted by molar-refractivity contribution is 7.92. The first-order chi connectivity index (χ1) is 10.6. The van der Waals surface area contributed by atoms with Crippen molar-refractivity contribution in [3.8, 4) is 0 Å².